The van der Waals surface area contributed by atoms with Crippen molar-refractivity contribution in [3.05, 3.63) is 12.2 Å². The number of carboxylic acids is 1. The number of nitrogens with one attached hydrogen (secondary N) is 2. The molecule has 0 radical (unpaired) electrons. The van der Waals surface area contributed by atoms with E-state index in [1.54, 1.807) is 31.8 Å². The molecule has 8 nitrogen and oxygen atoms in total. The smallest absolute Gasteiger partial charge is 0.315 e. The molecular weight excluding hydrogens is 250 g/mol. The van der Waals surface area contributed by atoms with E-state index in [1.807, 2.05) is 0 Å². The number of carboxylic acid groups (broad SMARTS) is 1. The van der Waals surface area contributed by atoms with Crippen molar-refractivity contribution in [2.45, 2.75) is 26.3 Å². The summed E-state index contributed by atoms with van der Waals surface area (Å²) in [6.07, 6.45) is 1.58. The second kappa shape index (κ2) is 6.72. The number of carbonyl (C=O) groups excluding carboxylic acids is 1. The lowest BCUT2D eigenvalue weighted by Gasteiger charge is -2.15. The first kappa shape index (κ1) is 14.9. The SMILES string of the molecule is CC(CNC(=O)NC(C)c1nncn1C)CC(=O)O. The number of hydrogen-bond acceptors (Lipinski definition) is 4. The minimum atomic E-state index is -0.873. The Morgan fingerprint density at radius 2 is 2.16 bits per heavy atom. The second-order valence-corrected chi connectivity index (χ2v) is 4.58. The molecule has 0 aliphatic carbocycles. The molecular formula is C11H19N5O3. The largest absolute Gasteiger partial charge is 0.481 e. The van der Waals surface area contributed by atoms with Crippen LogP contribution < -0.4 is 10.6 Å². The number of amides is 2. The van der Waals surface area contributed by atoms with Gasteiger partial charge in [0.25, 0.3) is 0 Å². The molecule has 1 heterocycles. The zero-order chi connectivity index (χ0) is 14.4. The van der Waals surface area contributed by atoms with Gasteiger partial charge in [0.2, 0.25) is 0 Å². The van der Waals surface area contributed by atoms with Crippen LogP contribution in [0.5, 0.6) is 0 Å². The van der Waals surface area contributed by atoms with Crippen molar-refractivity contribution < 1.29 is 14.7 Å². The number of nitrogens with zero attached hydrogens (tertiary/aromatic N) is 3. The van der Waals surface area contributed by atoms with Crippen LogP contribution in [-0.2, 0) is 11.8 Å². The Morgan fingerprint density at radius 3 is 2.68 bits per heavy atom. The Bertz CT molecular complexity index is 445. The fourth-order valence-corrected chi connectivity index (χ4v) is 1.63. The maximum absolute atomic E-state index is 11.6. The fraction of sp³-hybridized carbons (Fsp3) is 0.636. The summed E-state index contributed by atoms with van der Waals surface area (Å²) in [6, 6.07) is -0.630. The van der Waals surface area contributed by atoms with Gasteiger partial charge in [0.05, 0.1) is 6.04 Å². The number of hydrogen-bond donors (Lipinski definition) is 3. The van der Waals surface area contributed by atoms with Crippen LogP contribution in [0, 0.1) is 5.92 Å². The van der Waals surface area contributed by atoms with Gasteiger partial charge in [-0.05, 0) is 12.8 Å². The van der Waals surface area contributed by atoms with Crippen LogP contribution in [0.1, 0.15) is 32.1 Å². The molecule has 0 aliphatic rings. The number of aromatic nitrogens is 3. The van der Waals surface area contributed by atoms with E-state index in [9.17, 15) is 9.59 Å². The highest BCUT2D eigenvalue weighted by Gasteiger charge is 2.15. The lowest BCUT2D eigenvalue weighted by molar-refractivity contribution is -0.137. The summed E-state index contributed by atoms with van der Waals surface area (Å²) in [5.74, 6) is -0.343. The third kappa shape index (κ3) is 4.94. The van der Waals surface area contributed by atoms with Crippen molar-refractivity contribution in [2.24, 2.45) is 13.0 Å². The first-order valence-corrected chi connectivity index (χ1v) is 6.00. The van der Waals surface area contributed by atoms with Crippen molar-refractivity contribution in [1.82, 2.24) is 25.4 Å². The van der Waals surface area contributed by atoms with Crippen LogP contribution in [0.25, 0.3) is 0 Å². The normalized spacial score (nSPS) is 13.6. The Labute approximate surface area is 111 Å². The van der Waals surface area contributed by atoms with Gasteiger partial charge >= 0.3 is 12.0 Å². The molecule has 0 saturated carbocycles. The molecule has 0 aromatic carbocycles. The first-order chi connectivity index (χ1) is 8.90. The van der Waals surface area contributed by atoms with Gasteiger partial charge in [-0.2, -0.15) is 0 Å². The number of rotatable bonds is 6. The van der Waals surface area contributed by atoms with Crippen molar-refractivity contribution in [3.63, 3.8) is 0 Å². The predicted molar refractivity (Wildman–Crippen MR) is 67.4 cm³/mol. The minimum Gasteiger partial charge on any atom is -0.481 e. The Kier molecular flexibility index (Phi) is 5.28. The number of aliphatic carboxylic acids is 1. The molecule has 0 bridgehead atoms. The Morgan fingerprint density at radius 1 is 1.47 bits per heavy atom. The molecule has 0 saturated heterocycles. The van der Waals surface area contributed by atoms with Gasteiger partial charge < -0.3 is 20.3 Å². The van der Waals surface area contributed by atoms with Crippen molar-refractivity contribution in [1.29, 1.82) is 0 Å². The van der Waals surface area contributed by atoms with E-state index >= 15 is 0 Å². The van der Waals surface area contributed by atoms with Gasteiger partial charge in [-0.3, -0.25) is 4.79 Å². The summed E-state index contributed by atoms with van der Waals surface area (Å²) in [5.41, 5.74) is 0. The molecule has 19 heavy (non-hydrogen) atoms. The van der Waals surface area contributed by atoms with Crippen LogP contribution >= 0.6 is 0 Å². The monoisotopic (exact) mass is 269 g/mol. The van der Waals surface area contributed by atoms with E-state index in [0.29, 0.717) is 12.4 Å². The molecule has 8 heteroatoms. The number of aryl methyl sites for hydroxylation is 1. The lowest BCUT2D eigenvalue weighted by Crippen LogP contribution is -2.39. The van der Waals surface area contributed by atoms with Crippen LogP contribution in [0.3, 0.4) is 0 Å². The fourth-order valence-electron chi connectivity index (χ4n) is 1.63. The predicted octanol–water partition coefficient (Wildman–Crippen LogP) is 0.286. The van der Waals surface area contributed by atoms with E-state index < -0.39 is 5.97 Å². The maximum atomic E-state index is 11.6. The van der Waals surface area contributed by atoms with E-state index in [2.05, 4.69) is 20.8 Å². The van der Waals surface area contributed by atoms with Crippen LogP contribution in [0.15, 0.2) is 6.33 Å². The third-order valence-corrected chi connectivity index (χ3v) is 2.62. The van der Waals surface area contributed by atoms with Crippen molar-refractivity contribution in [2.75, 3.05) is 6.54 Å². The van der Waals surface area contributed by atoms with Crippen molar-refractivity contribution >= 4 is 12.0 Å². The van der Waals surface area contributed by atoms with Crippen molar-refractivity contribution in [3.8, 4) is 0 Å². The topological polar surface area (TPSA) is 109 Å². The Hall–Kier alpha value is -2.12. The average molecular weight is 269 g/mol. The summed E-state index contributed by atoms with van der Waals surface area (Å²) in [6.45, 7) is 3.87. The van der Waals surface area contributed by atoms with E-state index in [4.69, 9.17) is 5.11 Å². The molecule has 2 atom stereocenters. The summed E-state index contributed by atoms with van der Waals surface area (Å²) in [7, 11) is 1.79. The quantitative estimate of drug-likeness (QED) is 0.687. The molecule has 3 N–H and O–H groups in total. The molecule has 0 fully saturated rings. The summed E-state index contributed by atoms with van der Waals surface area (Å²) < 4.78 is 1.72. The summed E-state index contributed by atoms with van der Waals surface area (Å²) in [5, 5.41) is 21.6. The van der Waals surface area contributed by atoms with Gasteiger partial charge in [0.1, 0.15) is 6.33 Å². The van der Waals surface area contributed by atoms with Gasteiger partial charge in [-0.1, -0.05) is 6.92 Å². The van der Waals surface area contributed by atoms with E-state index in [0.717, 1.165) is 0 Å². The standard InChI is InChI=1S/C11H19N5O3/c1-7(4-9(17)18)5-12-11(19)14-8(2)10-15-13-6-16(10)3/h6-8H,4-5H2,1-3H3,(H,17,18)(H2,12,14,19). The molecule has 2 unspecified atom stereocenters. The molecule has 1 aromatic rings. The molecule has 2 amide bonds. The average Bonchev–Trinajstić information content (AvgIpc) is 2.72. The highest BCUT2D eigenvalue weighted by Crippen LogP contribution is 2.06. The number of urea groups is 1. The Balaban J connectivity index is 2.35. The minimum absolute atomic E-state index is 0.0269. The summed E-state index contributed by atoms with van der Waals surface area (Å²) in [4.78, 5) is 22.1. The first-order valence-electron chi connectivity index (χ1n) is 6.00. The molecule has 0 spiro atoms. The maximum Gasteiger partial charge on any atom is 0.315 e. The van der Waals surface area contributed by atoms with Gasteiger partial charge in [0, 0.05) is 20.0 Å². The zero-order valence-electron chi connectivity index (χ0n) is 11.3. The molecule has 106 valence electrons. The van der Waals surface area contributed by atoms with Gasteiger partial charge in [-0.25, -0.2) is 4.79 Å². The van der Waals surface area contributed by atoms with E-state index in [1.165, 1.54) is 0 Å². The zero-order valence-corrected chi connectivity index (χ0v) is 11.3. The second-order valence-electron chi connectivity index (χ2n) is 4.58. The van der Waals surface area contributed by atoms with Crippen LogP contribution in [0.2, 0.25) is 0 Å². The van der Waals surface area contributed by atoms with Crippen LogP contribution in [-0.4, -0.2) is 38.4 Å². The third-order valence-electron chi connectivity index (χ3n) is 2.62. The number of carbonyl (C=O) groups is 2. The van der Waals surface area contributed by atoms with Crippen LogP contribution in [0.4, 0.5) is 4.79 Å². The van der Waals surface area contributed by atoms with E-state index in [-0.39, 0.29) is 24.4 Å². The highest BCUT2D eigenvalue weighted by molar-refractivity contribution is 5.74. The molecule has 0 aliphatic heterocycles. The molecule has 1 aromatic heterocycles. The molecule has 1 rings (SSSR count). The lowest BCUT2D eigenvalue weighted by atomic mass is 10.1. The highest BCUT2D eigenvalue weighted by atomic mass is 16.4. The van der Waals surface area contributed by atoms with Gasteiger partial charge in [0.15, 0.2) is 5.82 Å². The van der Waals surface area contributed by atoms with Gasteiger partial charge in [-0.15, -0.1) is 10.2 Å². The summed E-state index contributed by atoms with van der Waals surface area (Å²) >= 11 is 0.